The lowest BCUT2D eigenvalue weighted by molar-refractivity contribution is 0.113. The number of anilines is 1. The highest BCUT2D eigenvalue weighted by Crippen LogP contribution is 2.18. The summed E-state index contributed by atoms with van der Waals surface area (Å²) in [4.78, 5) is 33.3. The summed E-state index contributed by atoms with van der Waals surface area (Å²) >= 11 is 0. The molecule has 0 radical (unpaired) electrons. The van der Waals surface area contributed by atoms with Crippen molar-refractivity contribution in [1.29, 1.82) is 5.53 Å². The third-order valence-corrected chi connectivity index (χ3v) is 5.52. The standard InChI is InChI=1S/C24H24F3N7O3/c1-34(23(35)30-13-16-4-2-6-20(26)22(16)27)19(5-3-9-31-33-28)14-37-24(36)32-21-11-17-10-18(25)8-7-15(17)12-29-21/h2,4,6-8,10-12,19,28H,3,5,9,13-14H2,1H3,(H-,29,30,32,35,36)/p+1/t19-/m0/s1. The van der Waals surface area contributed by atoms with Crippen LogP contribution in [0.15, 0.2) is 53.8 Å². The fraction of sp³-hybridized carbons (Fsp3) is 0.292. The maximum Gasteiger partial charge on any atom is 0.412 e. The maximum atomic E-state index is 13.9. The summed E-state index contributed by atoms with van der Waals surface area (Å²) in [5.74, 6) is -2.35. The summed E-state index contributed by atoms with van der Waals surface area (Å²) in [7, 11) is 1.47. The van der Waals surface area contributed by atoms with E-state index in [1.807, 2.05) is 0 Å². The van der Waals surface area contributed by atoms with E-state index in [4.69, 9.17) is 10.3 Å². The Labute approximate surface area is 210 Å². The molecule has 3 aromatic rings. The fourth-order valence-corrected chi connectivity index (χ4v) is 3.48. The van der Waals surface area contributed by atoms with Crippen molar-refractivity contribution in [2.75, 3.05) is 25.5 Å². The van der Waals surface area contributed by atoms with Gasteiger partial charge in [-0.1, -0.05) is 12.1 Å². The highest BCUT2D eigenvalue weighted by Gasteiger charge is 2.22. The molecule has 0 aliphatic carbocycles. The summed E-state index contributed by atoms with van der Waals surface area (Å²) in [5.41, 5.74) is 6.72. The van der Waals surface area contributed by atoms with Gasteiger partial charge < -0.3 is 15.0 Å². The number of carbonyl (C=O) groups excluding carboxylic acids is 2. The van der Waals surface area contributed by atoms with E-state index in [0.29, 0.717) is 23.6 Å². The highest BCUT2D eigenvalue weighted by atomic mass is 19.2. The first-order valence-corrected chi connectivity index (χ1v) is 11.2. The molecule has 194 valence electrons. The fourth-order valence-electron chi connectivity index (χ4n) is 3.48. The van der Waals surface area contributed by atoms with Crippen LogP contribution in [0.4, 0.5) is 28.6 Å². The van der Waals surface area contributed by atoms with Gasteiger partial charge in [0.1, 0.15) is 35.4 Å². The summed E-state index contributed by atoms with van der Waals surface area (Å²) in [6.45, 7) is -0.222. The molecule has 3 rings (SSSR count). The Morgan fingerprint density at radius 1 is 1.19 bits per heavy atom. The van der Waals surface area contributed by atoms with Crippen LogP contribution in [-0.2, 0) is 11.3 Å². The molecule has 3 amide bonds. The minimum atomic E-state index is -1.05. The SMILES string of the molecule is CN(C(=O)NCc1cccc(F)c1F)[C@@H](CCCN=[N+]=N)COC(=O)Nc1cc2cc(F)ccc2cn1. The Morgan fingerprint density at radius 2 is 2.00 bits per heavy atom. The van der Waals surface area contributed by atoms with Gasteiger partial charge in [-0.05, 0) is 48.6 Å². The minimum absolute atomic E-state index is 0.0208. The monoisotopic (exact) mass is 516 g/mol. The zero-order valence-electron chi connectivity index (χ0n) is 19.9. The first-order chi connectivity index (χ1) is 17.8. The van der Waals surface area contributed by atoms with E-state index in [1.54, 1.807) is 6.07 Å². The molecule has 2 aromatic carbocycles. The van der Waals surface area contributed by atoms with Crippen LogP contribution in [0, 0.1) is 23.0 Å². The van der Waals surface area contributed by atoms with E-state index in [-0.39, 0.29) is 31.1 Å². The molecule has 1 atom stereocenters. The van der Waals surface area contributed by atoms with Crippen molar-refractivity contribution in [3.63, 3.8) is 0 Å². The molecule has 0 spiro atoms. The van der Waals surface area contributed by atoms with E-state index >= 15 is 0 Å². The number of pyridine rings is 1. The second kappa shape index (κ2) is 13.0. The minimum Gasteiger partial charge on any atom is -0.447 e. The smallest absolute Gasteiger partial charge is 0.412 e. The number of likely N-dealkylation sites (N-methyl/N-ethyl adjacent to an activating group) is 1. The Kier molecular flexibility index (Phi) is 9.50. The van der Waals surface area contributed by atoms with Gasteiger partial charge in [0.25, 0.3) is 0 Å². The second-order valence-electron chi connectivity index (χ2n) is 8.03. The number of halogens is 3. The average molecular weight is 517 g/mol. The van der Waals surface area contributed by atoms with Gasteiger partial charge in [0, 0.05) is 30.7 Å². The molecule has 0 saturated carbocycles. The van der Waals surface area contributed by atoms with Crippen LogP contribution in [0.25, 0.3) is 10.8 Å². The van der Waals surface area contributed by atoms with Gasteiger partial charge in [0.05, 0.1) is 6.04 Å². The van der Waals surface area contributed by atoms with Gasteiger partial charge in [-0.25, -0.2) is 27.7 Å². The molecular formula is C24H25F3N7O3+. The first kappa shape index (κ1) is 27.1. The van der Waals surface area contributed by atoms with E-state index in [2.05, 4.69) is 25.6 Å². The van der Waals surface area contributed by atoms with Crippen LogP contribution < -0.4 is 15.5 Å². The number of hydrogen-bond acceptors (Lipinski definition) is 6. The van der Waals surface area contributed by atoms with Gasteiger partial charge in [-0.15, -0.1) is 0 Å². The number of benzene rings is 2. The number of carbonyl (C=O) groups is 2. The van der Waals surface area contributed by atoms with Gasteiger partial charge in [-0.2, -0.15) is 0 Å². The quantitative estimate of drug-likeness (QED) is 0.204. The number of urea groups is 1. The van der Waals surface area contributed by atoms with Crippen molar-refractivity contribution in [3.8, 4) is 0 Å². The molecule has 0 unspecified atom stereocenters. The van der Waals surface area contributed by atoms with Crippen LogP contribution in [0.5, 0.6) is 0 Å². The molecule has 0 fully saturated rings. The molecule has 37 heavy (non-hydrogen) atoms. The lowest BCUT2D eigenvalue weighted by Gasteiger charge is -2.28. The van der Waals surface area contributed by atoms with Gasteiger partial charge >= 0.3 is 12.1 Å². The Morgan fingerprint density at radius 3 is 2.78 bits per heavy atom. The number of fused-ring (bicyclic) bond motifs is 1. The van der Waals surface area contributed by atoms with Crippen molar-refractivity contribution in [3.05, 3.63) is 71.7 Å². The first-order valence-electron chi connectivity index (χ1n) is 11.2. The third-order valence-electron chi connectivity index (χ3n) is 5.52. The second-order valence-corrected chi connectivity index (χ2v) is 8.03. The molecule has 3 N–H and O–H groups in total. The summed E-state index contributed by atoms with van der Waals surface area (Å²) in [6, 6.07) is 8.12. The zero-order valence-corrected chi connectivity index (χ0v) is 19.9. The normalized spacial score (nSPS) is 11.4. The summed E-state index contributed by atoms with van der Waals surface area (Å²) < 4.78 is 46.1. The van der Waals surface area contributed by atoms with Crippen LogP contribution in [0.3, 0.4) is 0 Å². The van der Waals surface area contributed by atoms with Crippen LogP contribution in [0.2, 0.25) is 0 Å². The topological polar surface area (TPSA) is 134 Å². The van der Waals surface area contributed by atoms with Gasteiger partial charge in [0.2, 0.25) is 4.91 Å². The van der Waals surface area contributed by atoms with E-state index in [1.165, 1.54) is 48.5 Å². The summed E-state index contributed by atoms with van der Waals surface area (Å²) in [6.07, 6.45) is 1.42. The zero-order chi connectivity index (χ0) is 26.8. The predicted octanol–water partition coefficient (Wildman–Crippen LogP) is 4.74. The van der Waals surface area contributed by atoms with Gasteiger partial charge in [0.15, 0.2) is 11.6 Å². The molecule has 0 aliphatic heterocycles. The summed E-state index contributed by atoms with van der Waals surface area (Å²) in [5, 5.41) is 9.77. The Bertz CT molecular complexity index is 1320. The number of rotatable bonds is 10. The van der Waals surface area contributed by atoms with E-state index in [9.17, 15) is 22.8 Å². The lowest BCUT2D eigenvalue weighted by Crippen LogP contribution is -2.46. The van der Waals surface area contributed by atoms with Crippen molar-refractivity contribution < 1.29 is 27.5 Å². The number of nitrogens with one attached hydrogen (secondary N) is 3. The molecule has 1 heterocycles. The lowest BCUT2D eigenvalue weighted by atomic mass is 10.1. The largest absolute Gasteiger partial charge is 0.447 e. The van der Waals surface area contributed by atoms with Crippen molar-refractivity contribution in [1.82, 2.24) is 20.1 Å². The average Bonchev–Trinajstić information content (AvgIpc) is 2.88. The Hall–Kier alpha value is -4.51. The number of ether oxygens (including phenoxy) is 1. The molecule has 0 saturated heterocycles. The number of hydrogen-bond donors (Lipinski definition) is 3. The van der Waals surface area contributed by atoms with E-state index < -0.39 is 35.6 Å². The number of nitrogens with zero attached hydrogens (tertiary/aromatic N) is 4. The molecular weight excluding hydrogens is 491 g/mol. The molecule has 0 bridgehead atoms. The molecule has 1 aromatic heterocycles. The van der Waals surface area contributed by atoms with Crippen LogP contribution >= 0.6 is 0 Å². The van der Waals surface area contributed by atoms with Crippen LogP contribution in [0.1, 0.15) is 18.4 Å². The Balaban J connectivity index is 1.60. The number of aromatic nitrogens is 1. The van der Waals surface area contributed by atoms with Crippen molar-refractivity contribution in [2.24, 2.45) is 5.11 Å². The van der Waals surface area contributed by atoms with Crippen molar-refractivity contribution >= 4 is 28.7 Å². The van der Waals surface area contributed by atoms with Crippen LogP contribution in [-0.4, -0.2) is 48.2 Å². The van der Waals surface area contributed by atoms with Gasteiger partial charge in [-0.3, -0.25) is 5.32 Å². The highest BCUT2D eigenvalue weighted by molar-refractivity contribution is 5.89. The van der Waals surface area contributed by atoms with E-state index in [0.717, 1.165) is 6.07 Å². The molecule has 10 nitrogen and oxygen atoms in total. The molecule has 13 heteroatoms. The predicted molar refractivity (Wildman–Crippen MR) is 128 cm³/mol. The van der Waals surface area contributed by atoms with Crippen molar-refractivity contribution in [2.45, 2.75) is 25.4 Å². The number of amides is 3. The maximum absolute atomic E-state index is 13.9. The third kappa shape index (κ3) is 7.74. The molecule has 0 aliphatic rings.